The molecule has 2 N–H and O–H groups in total. The Balaban J connectivity index is 1.69. The molecule has 112 valence electrons. The zero-order valence-electron chi connectivity index (χ0n) is 11.8. The Morgan fingerprint density at radius 2 is 2.19 bits per heavy atom. The first kappa shape index (κ1) is 14.3. The highest BCUT2D eigenvalue weighted by atomic mass is 79.9. The number of anilines is 1. The third-order valence-electron chi connectivity index (χ3n) is 3.75. The molecule has 6 nitrogen and oxygen atoms in total. The van der Waals surface area contributed by atoms with E-state index in [1.807, 2.05) is 24.1 Å². The minimum atomic E-state index is -0.131. The predicted octanol–water partition coefficient (Wildman–Crippen LogP) is 2.16. The van der Waals surface area contributed by atoms with E-state index < -0.39 is 0 Å². The van der Waals surface area contributed by atoms with Crippen LogP contribution >= 0.6 is 15.9 Å². The number of nitrogens with one attached hydrogen (secondary N) is 2. The van der Waals surface area contributed by atoms with E-state index in [0.29, 0.717) is 11.7 Å². The number of amides is 1. The van der Waals surface area contributed by atoms with Gasteiger partial charge < -0.3 is 15.2 Å². The summed E-state index contributed by atoms with van der Waals surface area (Å²) in [5, 5.41) is 10.6. The normalized spacial score (nSPS) is 16.1. The number of halogens is 1. The van der Waals surface area contributed by atoms with Gasteiger partial charge in [-0.25, -0.2) is 0 Å². The minimum Gasteiger partial charge on any atom is -0.345 e. The number of hydrogen-bond acceptors (Lipinski definition) is 3. The van der Waals surface area contributed by atoms with Crippen molar-refractivity contribution in [3.05, 3.63) is 34.8 Å². The molecule has 0 atom stereocenters. The van der Waals surface area contributed by atoms with Crippen molar-refractivity contribution >= 4 is 27.5 Å². The smallest absolute Gasteiger partial charge is 0.272 e. The van der Waals surface area contributed by atoms with Gasteiger partial charge in [-0.3, -0.25) is 9.48 Å². The average Bonchev–Trinajstić information content (AvgIpc) is 3.06. The van der Waals surface area contributed by atoms with Crippen molar-refractivity contribution in [3.8, 4) is 0 Å². The van der Waals surface area contributed by atoms with Crippen molar-refractivity contribution in [3.63, 3.8) is 0 Å². The predicted molar refractivity (Wildman–Crippen MR) is 84.4 cm³/mol. The van der Waals surface area contributed by atoms with Gasteiger partial charge in [-0.1, -0.05) is 0 Å². The van der Waals surface area contributed by atoms with Crippen LogP contribution in [0.2, 0.25) is 0 Å². The van der Waals surface area contributed by atoms with Crippen LogP contribution < -0.4 is 10.6 Å². The highest BCUT2D eigenvalue weighted by Crippen LogP contribution is 2.20. The summed E-state index contributed by atoms with van der Waals surface area (Å²) in [5.74, 6) is -0.131. The van der Waals surface area contributed by atoms with E-state index >= 15 is 0 Å². The summed E-state index contributed by atoms with van der Waals surface area (Å²) in [6, 6.07) is 2.22. The van der Waals surface area contributed by atoms with Gasteiger partial charge in [0.2, 0.25) is 0 Å². The Hall–Kier alpha value is -1.60. The highest BCUT2D eigenvalue weighted by molar-refractivity contribution is 9.10. The van der Waals surface area contributed by atoms with E-state index in [0.717, 1.165) is 36.1 Å². The Morgan fingerprint density at radius 1 is 1.43 bits per heavy atom. The molecule has 0 aromatic carbocycles. The van der Waals surface area contributed by atoms with Gasteiger partial charge in [0.15, 0.2) is 0 Å². The van der Waals surface area contributed by atoms with E-state index in [1.165, 1.54) is 0 Å². The first-order valence-electron chi connectivity index (χ1n) is 7.01. The van der Waals surface area contributed by atoms with Crippen LogP contribution in [0.3, 0.4) is 0 Å². The number of carbonyl (C=O) groups is 1. The van der Waals surface area contributed by atoms with Gasteiger partial charge >= 0.3 is 0 Å². The number of rotatable bonds is 3. The molecule has 1 aliphatic rings. The summed E-state index contributed by atoms with van der Waals surface area (Å²) < 4.78 is 4.63. The molecule has 0 aliphatic carbocycles. The van der Waals surface area contributed by atoms with Crippen LogP contribution in [0.25, 0.3) is 0 Å². The van der Waals surface area contributed by atoms with Crippen molar-refractivity contribution in [2.75, 3.05) is 18.4 Å². The standard InChI is InChI=1S/C14H18BrN5O/c1-19-8-10(15)6-13(19)14(21)18-11-7-17-20(9-11)12-2-4-16-5-3-12/h6-9,12,16H,2-5H2,1H3,(H,18,21). The Kier molecular flexibility index (Phi) is 4.12. The van der Waals surface area contributed by atoms with Crippen molar-refractivity contribution in [1.82, 2.24) is 19.7 Å². The molecule has 0 unspecified atom stereocenters. The van der Waals surface area contributed by atoms with Crippen LogP contribution in [0.4, 0.5) is 5.69 Å². The third kappa shape index (κ3) is 3.19. The maximum Gasteiger partial charge on any atom is 0.272 e. The van der Waals surface area contributed by atoms with Crippen LogP contribution in [-0.2, 0) is 7.05 Å². The van der Waals surface area contributed by atoms with Crippen LogP contribution in [0.1, 0.15) is 29.4 Å². The van der Waals surface area contributed by atoms with Crippen molar-refractivity contribution in [2.24, 2.45) is 7.05 Å². The number of nitrogens with zero attached hydrogens (tertiary/aromatic N) is 3. The second kappa shape index (κ2) is 6.03. The fraction of sp³-hybridized carbons (Fsp3) is 0.429. The van der Waals surface area contributed by atoms with Gasteiger partial charge in [0.25, 0.3) is 5.91 Å². The van der Waals surface area contributed by atoms with Crippen molar-refractivity contribution < 1.29 is 4.79 Å². The molecule has 7 heteroatoms. The Bertz CT molecular complexity index is 642. The number of aromatic nitrogens is 3. The maximum absolute atomic E-state index is 12.2. The number of piperidine rings is 1. The number of aryl methyl sites for hydroxylation is 1. The molecular weight excluding hydrogens is 334 g/mol. The van der Waals surface area contributed by atoms with Gasteiger partial charge in [0.1, 0.15) is 5.69 Å². The summed E-state index contributed by atoms with van der Waals surface area (Å²) >= 11 is 3.37. The molecule has 1 aliphatic heterocycles. The number of hydrogen-bond donors (Lipinski definition) is 2. The van der Waals surface area contributed by atoms with Crippen LogP contribution in [0.15, 0.2) is 29.1 Å². The summed E-state index contributed by atoms with van der Waals surface area (Å²) in [5.41, 5.74) is 1.34. The van der Waals surface area contributed by atoms with E-state index in [9.17, 15) is 4.79 Å². The lowest BCUT2D eigenvalue weighted by atomic mass is 10.1. The first-order chi connectivity index (χ1) is 10.1. The molecule has 3 rings (SSSR count). The largest absolute Gasteiger partial charge is 0.345 e. The van der Waals surface area contributed by atoms with E-state index in [2.05, 4.69) is 31.7 Å². The van der Waals surface area contributed by atoms with Crippen molar-refractivity contribution in [2.45, 2.75) is 18.9 Å². The van der Waals surface area contributed by atoms with Gasteiger partial charge in [-0.05, 0) is 47.9 Å². The minimum absolute atomic E-state index is 0.131. The zero-order valence-corrected chi connectivity index (χ0v) is 13.4. The summed E-state index contributed by atoms with van der Waals surface area (Å²) in [6.45, 7) is 2.03. The van der Waals surface area contributed by atoms with E-state index in [-0.39, 0.29) is 5.91 Å². The highest BCUT2D eigenvalue weighted by Gasteiger charge is 2.17. The van der Waals surface area contributed by atoms with Gasteiger partial charge in [-0.15, -0.1) is 0 Å². The molecule has 0 radical (unpaired) electrons. The topological polar surface area (TPSA) is 63.9 Å². The molecule has 1 saturated heterocycles. The average molecular weight is 352 g/mol. The fourth-order valence-electron chi connectivity index (χ4n) is 2.62. The number of carbonyl (C=O) groups excluding carboxylic acids is 1. The molecule has 2 aromatic heterocycles. The summed E-state index contributed by atoms with van der Waals surface area (Å²) in [6.07, 6.45) is 7.61. The monoisotopic (exact) mass is 351 g/mol. The SMILES string of the molecule is Cn1cc(Br)cc1C(=O)Nc1cnn(C2CCNCC2)c1. The quantitative estimate of drug-likeness (QED) is 0.890. The molecule has 0 spiro atoms. The molecule has 2 aromatic rings. The molecule has 3 heterocycles. The lowest BCUT2D eigenvalue weighted by Crippen LogP contribution is -2.29. The van der Waals surface area contributed by atoms with Gasteiger partial charge in [-0.2, -0.15) is 5.10 Å². The second-order valence-electron chi connectivity index (χ2n) is 5.30. The Labute approximate surface area is 131 Å². The van der Waals surface area contributed by atoms with Crippen LogP contribution in [0, 0.1) is 0 Å². The third-order valence-corrected chi connectivity index (χ3v) is 4.18. The molecule has 0 bridgehead atoms. The summed E-state index contributed by atoms with van der Waals surface area (Å²) in [7, 11) is 1.85. The molecular formula is C14H18BrN5O. The van der Waals surface area contributed by atoms with Gasteiger partial charge in [0.05, 0.1) is 17.9 Å². The molecule has 0 saturated carbocycles. The molecule has 1 fully saturated rings. The van der Waals surface area contributed by atoms with E-state index in [1.54, 1.807) is 16.8 Å². The molecule has 1 amide bonds. The van der Waals surface area contributed by atoms with Crippen LogP contribution in [0.5, 0.6) is 0 Å². The fourth-order valence-corrected chi connectivity index (χ4v) is 3.14. The lowest BCUT2D eigenvalue weighted by molar-refractivity contribution is 0.101. The summed E-state index contributed by atoms with van der Waals surface area (Å²) in [4.78, 5) is 12.2. The van der Waals surface area contributed by atoms with Gasteiger partial charge in [0, 0.05) is 23.9 Å². The maximum atomic E-state index is 12.2. The molecule has 21 heavy (non-hydrogen) atoms. The van der Waals surface area contributed by atoms with Crippen LogP contribution in [-0.4, -0.2) is 33.3 Å². The lowest BCUT2D eigenvalue weighted by Gasteiger charge is -2.22. The van der Waals surface area contributed by atoms with E-state index in [4.69, 9.17) is 0 Å². The Morgan fingerprint density at radius 3 is 2.86 bits per heavy atom. The first-order valence-corrected chi connectivity index (χ1v) is 7.81. The zero-order chi connectivity index (χ0) is 14.8. The van der Waals surface area contributed by atoms with Crippen molar-refractivity contribution in [1.29, 1.82) is 0 Å². The second-order valence-corrected chi connectivity index (χ2v) is 6.21.